The minimum absolute atomic E-state index is 0. The van der Waals surface area contributed by atoms with Crippen molar-refractivity contribution in [2.24, 2.45) is 0 Å². The van der Waals surface area contributed by atoms with Crippen LogP contribution in [0.25, 0.3) is 10.8 Å². The van der Waals surface area contributed by atoms with Gasteiger partial charge in [0.2, 0.25) is 5.78 Å². The van der Waals surface area contributed by atoms with Crippen LogP contribution in [0.15, 0.2) is 34.9 Å². The zero-order valence-electron chi connectivity index (χ0n) is 16.0. The first-order valence-corrected chi connectivity index (χ1v) is 10.1. The second-order valence-electron chi connectivity index (χ2n) is 7.46. The Hall–Kier alpha value is -2.17. The predicted octanol–water partition coefficient (Wildman–Crippen LogP) is -0.192. The molecule has 0 saturated carbocycles. The Bertz CT molecular complexity index is 1370. The molecule has 0 amide bonds. The SMILES string of the molecule is CC12CCC(=O)c3coc(c31)C(=O)c1cc3c(O)ccc(OS(=O)(=O)[O-])c3cc12.[Na+]. The third kappa shape index (κ3) is 2.84. The Labute approximate surface area is 193 Å². The molecule has 3 aromatic rings. The number of ketones is 2. The number of aromatic hydroxyl groups is 1. The number of carbonyl (C=O) groups excluding carboxylic acids is 2. The smallest absolute Gasteiger partial charge is 0.716 e. The Balaban J connectivity index is 0.00000218. The number of carbonyl (C=O) groups is 2. The molecule has 0 fully saturated rings. The predicted molar refractivity (Wildman–Crippen MR) is 98.1 cm³/mol. The minimum atomic E-state index is -5.05. The summed E-state index contributed by atoms with van der Waals surface area (Å²) in [5.74, 6) is -0.907. The molecule has 0 spiro atoms. The maximum atomic E-state index is 13.1. The first-order valence-electron chi connectivity index (χ1n) is 8.75. The second kappa shape index (κ2) is 6.66. The van der Waals surface area contributed by atoms with E-state index in [1.165, 1.54) is 30.5 Å². The quantitative estimate of drug-likeness (QED) is 0.332. The molecule has 148 valence electrons. The Kier molecular flexibility index (Phi) is 4.68. The van der Waals surface area contributed by atoms with E-state index in [2.05, 4.69) is 4.18 Å². The standard InChI is InChI=1S/C20H14O8S.Na/c1-20-5-4-15(22)12-8-27-19(17(12)20)18(23)11-6-9-10(7-13(11)20)16(3-2-14(9)21)28-29(24,25)26;/h2-3,6-8,21H,4-5H2,1H3,(H,24,25,26);/q;+1/p-1. The van der Waals surface area contributed by atoms with Crippen LogP contribution in [0.3, 0.4) is 0 Å². The van der Waals surface area contributed by atoms with Gasteiger partial charge in [-0.2, -0.15) is 0 Å². The fourth-order valence-corrected chi connectivity index (χ4v) is 4.83. The summed E-state index contributed by atoms with van der Waals surface area (Å²) >= 11 is 0. The maximum Gasteiger partial charge on any atom is 1.00 e. The topological polar surface area (TPSA) is 134 Å². The van der Waals surface area contributed by atoms with Gasteiger partial charge in [-0.15, -0.1) is 0 Å². The van der Waals surface area contributed by atoms with Crippen molar-refractivity contribution in [1.29, 1.82) is 0 Å². The number of phenolic OH excluding ortho intramolecular Hbond substituents is 1. The van der Waals surface area contributed by atoms with Crippen LogP contribution in [0.5, 0.6) is 11.5 Å². The number of Topliss-reactive ketones (excluding diaryl/α,β-unsaturated/α-hetero) is 1. The van der Waals surface area contributed by atoms with Gasteiger partial charge in [-0.3, -0.25) is 9.59 Å². The van der Waals surface area contributed by atoms with Crippen molar-refractivity contribution in [2.75, 3.05) is 0 Å². The number of benzene rings is 2. The van der Waals surface area contributed by atoms with Gasteiger partial charge in [0.05, 0.1) is 5.56 Å². The molecular weight excluding hydrogens is 423 g/mol. The van der Waals surface area contributed by atoms with Crippen LogP contribution in [0.2, 0.25) is 0 Å². The van der Waals surface area contributed by atoms with Gasteiger partial charge in [0.1, 0.15) is 17.8 Å². The van der Waals surface area contributed by atoms with Crippen LogP contribution in [-0.2, 0) is 15.8 Å². The molecule has 1 aromatic heterocycles. The number of phenols is 1. The molecule has 2 aliphatic rings. The summed E-state index contributed by atoms with van der Waals surface area (Å²) in [4.78, 5) is 25.3. The summed E-state index contributed by atoms with van der Waals surface area (Å²) in [5, 5.41) is 10.6. The van der Waals surface area contributed by atoms with Gasteiger partial charge in [-0.25, -0.2) is 8.42 Å². The number of fused-ring (bicyclic) bond motifs is 3. The molecular formula is C20H13NaO8S. The molecule has 30 heavy (non-hydrogen) atoms. The van der Waals surface area contributed by atoms with E-state index in [4.69, 9.17) is 4.42 Å². The molecule has 2 aromatic carbocycles. The van der Waals surface area contributed by atoms with Crippen molar-refractivity contribution in [1.82, 2.24) is 0 Å². The summed E-state index contributed by atoms with van der Waals surface area (Å²) in [5.41, 5.74) is 0.978. The Morgan fingerprint density at radius 2 is 1.90 bits per heavy atom. The normalized spacial score (nSPS) is 19.8. The third-order valence-electron chi connectivity index (χ3n) is 5.82. The molecule has 0 aliphatic heterocycles. The van der Waals surface area contributed by atoms with E-state index in [-0.39, 0.29) is 75.4 Å². The first-order chi connectivity index (χ1) is 13.6. The number of hydrogen-bond donors (Lipinski definition) is 1. The van der Waals surface area contributed by atoms with Gasteiger partial charge in [0, 0.05) is 33.7 Å². The fourth-order valence-electron chi connectivity index (χ4n) is 4.47. The Morgan fingerprint density at radius 1 is 1.17 bits per heavy atom. The van der Waals surface area contributed by atoms with Crippen LogP contribution in [-0.4, -0.2) is 29.6 Å². The molecule has 8 nitrogen and oxygen atoms in total. The average molecular weight is 436 g/mol. The average Bonchev–Trinajstić information content (AvgIpc) is 3.11. The van der Waals surface area contributed by atoms with Gasteiger partial charge in [0.25, 0.3) is 10.4 Å². The van der Waals surface area contributed by atoms with Crippen molar-refractivity contribution in [3.8, 4) is 11.5 Å². The van der Waals surface area contributed by atoms with E-state index in [9.17, 15) is 27.7 Å². The van der Waals surface area contributed by atoms with Crippen molar-refractivity contribution >= 4 is 32.7 Å². The van der Waals surface area contributed by atoms with Crippen LogP contribution < -0.4 is 33.7 Å². The van der Waals surface area contributed by atoms with Gasteiger partial charge >= 0.3 is 29.6 Å². The molecule has 0 saturated heterocycles. The van der Waals surface area contributed by atoms with Crippen molar-refractivity contribution in [2.45, 2.75) is 25.2 Å². The number of hydrogen-bond acceptors (Lipinski definition) is 8. The summed E-state index contributed by atoms with van der Waals surface area (Å²) < 4.78 is 43.4. The van der Waals surface area contributed by atoms with Crippen LogP contribution in [0, 0.1) is 0 Å². The fraction of sp³-hybridized carbons (Fsp3) is 0.200. The van der Waals surface area contributed by atoms with Crippen LogP contribution in [0.1, 0.15) is 57.4 Å². The molecule has 1 heterocycles. The minimum Gasteiger partial charge on any atom is -0.716 e. The molecule has 0 bridgehead atoms. The molecule has 1 N–H and O–H groups in total. The van der Waals surface area contributed by atoms with Gasteiger partial charge < -0.3 is 18.3 Å². The van der Waals surface area contributed by atoms with Crippen LogP contribution in [0.4, 0.5) is 0 Å². The molecule has 1 atom stereocenters. The monoisotopic (exact) mass is 436 g/mol. The van der Waals surface area contributed by atoms with Gasteiger partial charge in [0.15, 0.2) is 11.5 Å². The van der Waals surface area contributed by atoms with Crippen molar-refractivity contribution < 1.29 is 65.8 Å². The molecule has 0 radical (unpaired) electrons. The largest absolute Gasteiger partial charge is 1.00 e. The van der Waals surface area contributed by atoms with Gasteiger partial charge in [-0.05, 0) is 36.2 Å². The summed E-state index contributed by atoms with van der Waals surface area (Å²) in [6.45, 7) is 1.88. The zero-order valence-corrected chi connectivity index (χ0v) is 18.8. The van der Waals surface area contributed by atoms with Crippen LogP contribution >= 0.6 is 0 Å². The zero-order chi connectivity index (χ0) is 20.7. The second-order valence-corrected chi connectivity index (χ2v) is 8.44. The number of rotatable bonds is 2. The molecule has 2 aliphatic carbocycles. The molecule has 1 unspecified atom stereocenters. The summed E-state index contributed by atoms with van der Waals surface area (Å²) in [6.07, 6.45) is 1.97. The van der Waals surface area contributed by atoms with E-state index in [1.807, 2.05) is 6.92 Å². The first kappa shape index (κ1) is 21.1. The summed E-state index contributed by atoms with van der Waals surface area (Å²) in [6, 6.07) is 5.32. The van der Waals surface area contributed by atoms with Crippen molar-refractivity contribution in [3.63, 3.8) is 0 Å². The maximum absolute atomic E-state index is 13.1. The molecule has 5 rings (SSSR count). The van der Waals surface area contributed by atoms with E-state index in [1.54, 1.807) is 0 Å². The third-order valence-corrected chi connectivity index (χ3v) is 6.21. The van der Waals surface area contributed by atoms with E-state index in [0.717, 1.165) is 0 Å². The van der Waals surface area contributed by atoms with E-state index in [0.29, 0.717) is 23.1 Å². The van der Waals surface area contributed by atoms with Gasteiger partial charge in [-0.1, -0.05) is 6.92 Å². The number of furan rings is 1. The van der Waals surface area contributed by atoms with E-state index < -0.39 is 21.6 Å². The van der Waals surface area contributed by atoms with Crippen molar-refractivity contribution in [3.05, 3.63) is 58.5 Å². The van der Waals surface area contributed by atoms with E-state index >= 15 is 0 Å². The Morgan fingerprint density at radius 3 is 2.60 bits per heavy atom. The molecule has 10 heteroatoms. The summed E-state index contributed by atoms with van der Waals surface area (Å²) in [7, 11) is -5.05.